The summed E-state index contributed by atoms with van der Waals surface area (Å²) < 4.78 is 13.3. The van der Waals surface area contributed by atoms with Crippen molar-refractivity contribution in [1.82, 2.24) is 9.97 Å². The van der Waals surface area contributed by atoms with E-state index >= 15 is 0 Å². The van der Waals surface area contributed by atoms with Crippen molar-refractivity contribution in [2.75, 3.05) is 18.1 Å². The molecule has 1 N–H and O–H groups in total. The summed E-state index contributed by atoms with van der Waals surface area (Å²) >= 11 is 1.72. The molecular weight excluding hydrogens is 201 g/mol. The summed E-state index contributed by atoms with van der Waals surface area (Å²) in [6.45, 7) is 3.72. The quantitative estimate of drug-likeness (QED) is 0.835. The Labute approximate surface area is 87.5 Å². The molecule has 0 amide bonds. The lowest BCUT2D eigenvalue weighted by atomic mass is 10.4. The van der Waals surface area contributed by atoms with Crippen LogP contribution >= 0.6 is 11.8 Å². The molecule has 0 spiro atoms. The minimum atomic E-state index is -0.363. The van der Waals surface area contributed by atoms with E-state index in [9.17, 15) is 4.39 Å². The molecule has 0 atom stereocenters. The number of anilines is 1. The monoisotopic (exact) mass is 215 g/mol. The number of aryl methyl sites for hydroxylation is 1. The first-order valence-corrected chi connectivity index (χ1v) is 5.63. The molecule has 0 unspecified atom stereocenters. The third kappa shape index (κ3) is 2.57. The smallest absolute Gasteiger partial charge is 0.186 e. The van der Waals surface area contributed by atoms with Gasteiger partial charge in [0, 0.05) is 7.05 Å². The first-order valence-electron chi connectivity index (χ1n) is 4.47. The zero-order valence-corrected chi connectivity index (χ0v) is 9.41. The summed E-state index contributed by atoms with van der Waals surface area (Å²) in [5.41, 5.74) is 0.399. The maximum Gasteiger partial charge on any atom is 0.186 e. The molecule has 0 saturated carbocycles. The van der Waals surface area contributed by atoms with Crippen LogP contribution in [0.1, 0.15) is 18.4 Å². The first-order chi connectivity index (χ1) is 6.69. The molecule has 0 aromatic carbocycles. The maximum absolute atomic E-state index is 13.3. The highest BCUT2D eigenvalue weighted by Crippen LogP contribution is 2.15. The molecular formula is C9H14FN3S. The Morgan fingerprint density at radius 1 is 1.43 bits per heavy atom. The van der Waals surface area contributed by atoms with Gasteiger partial charge >= 0.3 is 0 Å². The van der Waals surface area contributed by atoms with Gasteiger partial charge in [-0.2, -0.15) is 11.8 Å². The van der Waals surface area contributed by atoms with Crippen LogP contribution in [0.25, 0.3) is 0 Å². The largest absolute Gasteiger partial charge is 0.371 e. The fraction of sp³-hybridized carbons (Fsp3) is 0.556. The Bertz CT molecular complexity index is 317. The van der Waals surface area contributed by atoms with E-state index in [0.29, 0.717) is 11.5 Å². The standard InChI is InChI=1S/C9H14FN3S/c1-4-14-5-7-12-6(2)8(10)9(11-3)13-7/h4-5H2,1-3H3,(H,11,12,13). The van der Waals surface area contributed by atoms with Crippen LogP contribution in [0.5, 0.6) is 0 Å². The predicted molar refractivity (Wildman–Crippen MR) is 58.1 cm³/mol. The highest BCUT2D eigenvalue weighted by molar-refractivity contribution is 7.98. The van der Waals surface area contributed by atoms with Crippen molar-refractivity contribution in [3.63, 3.8) is 0 Å². The summed E-state index contributed by atoms with van der Waals surface area (Å²) in [5, 5.41) is 2.72. The van der Waals surface area contributed by atoms with E-state index in [2.05, 4.69) is 22.2 Å². The molecule has 0 fully saturated rings. The SMILES string of the molecule is CCSCc1nc(C)c(F)c(NC)n1. The highest BCUT2D eigenvalue weighted by Gasteiger charge is 2.09. The summed E-state index contributed by atoms with van der Waals surface area (Å²) in [7, 11) is 1.65. The van der Waals surface area contributed by atoms with Gasteiger partial charge in [0.05, 0.1) is 11.4 Å². The Balaban J connectivity index is 2.91. The molecule has 1 aromatic heterocycles. The average molecular weight is 215 g/mol. The lowest BCUT2D eigenvalue weighted by Gasteiger charge is -2.06. The van der Waals surface area contributed by atoms with E-state index < -0.39 is 0 Å². The number of aromatic nitrogens is 2. The van der Waals surface area contributed by atoms with E-state index in [4.69, 9.17) is 0 Å². The fourth-order valence-electron chi connectivity index (χ4n) is 1.04. The number of hydrogen-bond acceptors (Lipinski definition) is 4. The van der Waals surface area contributed by atoms with Crippen LogP contribution in [0, 0.1) is 12.7 Å². The van der Waals surface area contributed by atoms with Gasteiger partial charge in [-0.3, -0.25) is 0 Å². The van der Waals surface area contributed by atoms with Crippen LogP contribution in [0.15, 0.2) is 0 Å². The van der Waals surface area contributed by atoms with Crippen LogP contribution in [-0.2, 0) is 5.75 Å². The summed E-state index contributed by atoms with van der Waals surface area (Å²) in [4.78, 5) is 8.14. The van der Waals surface area contributed by atoms with E-state index in [1.54, 1.807) is 25.7 Å². The van der Waals surface area contributed by atoms with Gasteiger partial charge in [-0.15, -0.1) is 0 Å². The third-order valence-electron chi connectivity index (χ3n) is 1.74. The number of hydrogen-bond donors (Lipinski definition) is 1. The minimum Gasteiger partial charge on any atom is -0.371 e. The molecule has 78 valence electrons. The number of halogens is 1. The van der Waals surface area contributed by atoms with Crippen molar-refractivity contribution in [3.05, 3.63) is 17.3 Å². The van der Waals surface area contributed by atoms with Gasteiger partial charge in [-0.05, 0) is 12.7 Å². The van der Waals surface area contributed by atoms with Gasteiger partial charge in [-0.25, -0.2) is 14.4 Å². The van der Waals surface area contributed by atoms with Crippen LogP contribution in [0.4, 0.5) is 10.2 Å². The number of rotatable bonds is 4. The molecule has 0 bridgehead atoms. The summed E-state index contributed by atoms with van der Waals surface area (Å²) in [6, 6.07) is 0. The molecule has 1 heterocycles. The predicted octanol–water partition coefficient (Wildman–Crippen LogP) is 2.22. The third-order valence-corrected chi connectivity index (χ3v) is 2.61. The fourth-order valence-corrected chi connectivity index (χ4v) is 1.56. The topological polar surface area (TPSA) is 37.8 Å². The van der Waals surface area contributed by atoms with E-state index in [0.717, 1.165) is 11.5 Å². The Morgan fingerprint density at radius 3 is 2.71 bits per heavy atom. The number of nitrogens with zero attached hydrogens (tertiary/aromatic N) is 2. The van der Waals surface area contributed by atoms with E-state index in [-0.39, 0.29) is 11.6 Å². The Morgan fingerprint density at radius 2 is 2.14 bits per heavy atom. The van der Waals surface area contributed by atoms with Crippen LogP contribution < -0.4 is 5.32 Å². The molecule has 5 heteroatoms. The van der Waals surface area contributed by atoms with Gasteiger partial charge < -0.3 is 5.32 Å². The van der Waals surface area contributed by atoms with Gasteiger partial charge in [0.25, 0.3) is 0 Å². The second-order valence-corrected chi connectivity index (χ2v) is 4.05. The zero-order chi connectivity index (χ0) is 10.6. The van der Waals surface area contributed by atoms with Gasteiger partial charge in [0.2, 0.25) is 0 Å². The first kappa shape index (κ1) is 11.2. The summed E-state index contributed by atoms with van der Waals surface area (Å²) in [6.07, 6.45) is 0. The molecule has 0 radical (unpaired) electrons. The second-order valence-electron chi connectivity index (χ2n) is 2.77. The van der Waals surface area contributed by atoms with Crippen molar-refractivity contribution in [2.45, 2.75) is 19.6 Å². The molecule has 14 heavy (non-hydrogen) atoms. The van der Waals surface area contributed by atoms with Crippen molar-refractivity contribution in [2.24, 2.45) is 0 Å². The van der Waals surface area contributed by atoms with Gasteiger partial charge in [0.15, 0.2) is 11.6 Å². The van der Waals surface area contributed by atoms with Crippen LogP contribution in [0.3, 0.4) is 0 Å². The van der Waals surface area contributed by atoms with E-state index in [1.807, 2.05) is 0 Å². The lowest BCUT2D eigenvalue weighted by molar-refractivity contribution is 0.603. The molecule has 0 aliphatic carbocycles. The normalized spacial score (nSPS) is 10.3. The molecule has 0 aliphatic rings. The maximum atomic E-state index is 13.3. The number of nitrogens with one attached hydrogen (secondary N) is 1. The minimum absolute atomic E-state index is 0.282. The molecule has 1 aromatic rings. The van der Waals surface area contributed by atoms with Crippen molar-refractivity contribution in [1.29, 1.82) is 0 Å². The van der Waals surface area contributed by atoms with Crippen molar-refractivity contribution in [3.8, 4) is 0 Å². The Kier molecular flexibility index (Phi) is 4.13. The van der Waals surface area contributed by atoms with Crippen molar-refractivity contribution >= 4 is 17.6 Å². The summed E-state index contributed by atoms with van der Waals surface area (Å²) in [5.74, 6) is 2.34. The second kappa shape index (κ2) is 5.14. The molecule has 0 aliphatic heterocycles. The molecule has 0 saturated heterocycles. The Hall–Kier alpha value is -0.840. The van der Waals surface area contributed by atoms with Crippen molar-refractivity contribution < 1.29 is 4.39 Å². The molecule has 3 nitrogen and oxygen atoms in total. The zero-order valence-electron chi connectivity index (χ0n) is 8.59. The number of thioether (sulfide) groups is 1. The average Bonchev–Trinajstić information content (AvgIpc) is 2.19. The molecule has 1 rings (SSSR count). The van der Waals surface area contributed by atoms with Crippen LogP contribution in [0.2, 0.25) is 0 Å². The highest BCUT2D eigenvalue weighted by atomic mass is 32.2. The lowest BCUT2D eigenvalue weighted by Crippen LogP contribution is -2.05. The van der Waals surface area contributed by atoms with Gasteiger partial charge in [0.1, 0.15) is 5.82 Å². The van der Waals surface area contributed by atoms with E-state index in [1.165, 1.54) is 0 Å². The van der Waals surface area contributed by atoms with Gasteiger partial charge in [-0.1, -0.05) is 6.92 Å². The van der Waals surface area contributed by atoms with Crippen LogP contribution in [-0.4, -0.2) is 22.8 Å².